The second-order valence-electron chi connectivity index (χ2n) is 5.04. The molecule has 0 unspecified atom stereocenters. The van der Waals surface area contributed by atoms with Gasteiger partial charge in [-0.05, 0) is 6.42 Å². The predicted molar refractivity (Wildman–Crippen MR) is 87.3 cm³/mol. The van der Waals surface area contributed by atoms with E-state index in [4.69, 9.17) is 9.29 Å². The van der Waals surface area contributed by atoms with Crippen molar-refractivity contribution in [2.75, 3.05) is 19.8 Å². The average Bonchev–Trinajstić information content (AvgIpc) is 2.38. The molecule has 0 aliphatic rings. The first-order valence-electron chi connectivity index (χ1n) is 7.76. The van der Waals surface area contributed by atoms with E-state index in [1.165, 1.54) is 51.4 Å². The molecule has 124 valence electrons. The van der Waals surface area contributed by atoms with Crippen molar-refractivity contribution in [2.45, 2.75) is 71.1 Å². The van der Waals surface area contributed by atoms with Crippen LogP contribution in [0.15, 0.2) is 0 Å². The zero-order chi connectivity index (χ0) is 15.1. The second kappa shape index (κ2) is 17.2. The van der Waals surface area contributed by atoms with E-state index in [-0.39, 0.29) is 42.8 Å². The van der Waals surface area contributed by atoms with Gasteiger partial charge in [0.2, 0.25) is 0 Å². The molecule has 0 aromatic heterocycles. The van der Waals surface area contributed by atoms with Crippen LogP contribution in [-0.4, -0.2) is 62.3 Å². The van der Waals surface area contributed by atoms with Gasteiger partial charge in [-0.15, -0.1) is 0 Å². The summed E-state index contributed by atoms with van der Waals surface area (Å²) in [4.78, 5) is 0. The van der Waals surface area contributed by atoms with Crippen LogP contribution in [0.25, 0.3) is 0 Å². The van der Waals surface area contributed by atoms with Crippen LogP contribution in [0.4, 0.5) is 0 Å². The van der Waals surface area contributed by atoms with Gasteiger partial charge in [0.25, 0.3) is 0 Å². The Morgan fingerprint density at radius 2 is 1.24 bits per heavy atom. The van der Waals surface area contributed by atoms with Crippen molar-refractivity contribution in [3.05, 3.63) is 0 Å². The third-order valence-corrected chi connectivity index (χ3v) is 3.57. The number of rotatable bonds is 15. The maximum absolute atomic E-state index is 10.2. The van der Waals surface area contributed by atoms with Gasteiger partial charge < -0.3 is 4.74 Å². The normalized spacial score (nSPS) is 11.3. The third kappa shape index (κ3) is 23.2. The molecule has 0 fully saturated rings. The zero-order valence-electron chi connectivity index (χ0n) is 12.7. The summed E-state index contributed by atoms with van der Waals surface area (Å²) in [7, 11) is -4.32. The van der Waals surface area contributed by atoms with Crippen LogP contribution in [0.3, 0.4) is 0 Å². The van der Waals surface area contributed by atoms with E-state index in [0.717, 1.165) is 12.8 Å². The Bertz CT molecular complexity index is 296. The maximum atomic E-state index is 10.2. The Hall–Kier alpha value is 0.830. The van der Waals surface area contributed by atoms with Gasteiger partial charge in [0.1, 0.15) is 0 Å². The first kappa shape index (κ1) is 24.1. The SMILES string of the molecule is CCCCCCCCCCCCOCCOS(=O)(=O)O.[NaH]. The number of unbranched alkanes of at least 4 members (excludes halogenated alkanes) is 9. The Kier molecular flexibility index (Phi) is 19.7. The van der Waals surface area contributed by atoms with Crippen LogP contribution in [-0.2, 0) is 19.3 Å². The second-order valence-corrected chi connectivity index (χ2v) is 6.14. The van der Waals surface area contributed by atoms with E-state index in [0.29, 0.717) is 6.61 Å². The van der Waals surface area contributed by atoms with Crippen molar-refractivity contribution in [3.63, 3.8) is 0 Å². The number of hydrogen-bond acceptors (Lipinski definition) is 4. The summed E-state index contributed by atoms with van der Waals surface area (Å²) in [6, 6.07) is 0. The zero-order valence-corrected chi connectivity index (χ0v) is 13.5. The first-order chi connectivity index (χ1) is 9.56. The Morgan fingerprint density at radius 1 is 0.762 bits per heavy atom. The molecule has 0 spiro atoms. The van der Waals surface area contributed by atoms with Gasteiger partial charge in [-0.1, -0.05) is 64.7 Å². The summed E-state index contributed by atoms with van der Waals surface area (Å²) < 4.78 is 38.1. The third-order valence-electron chi connectivity index (χ3n) is 3.10. The summed E-state index contributed by atoms with van der Waals surface area (Å²) in [6.45, 7) is 2.91. The van der Waals surface area contributed by atoms with Gasteiger partial charge in [0.15, 0.2) is 0 Å². The Balaban J connectivity index is 0. The van der Waals surface area contributed by atoms with E-state index in [1.807, 2.05) is 0 Å². The van der Waals surface area contributed by atoms with Crippen molar-refractivity contribution < 1.29 is 21.9 Å². The molecule has 0 rings (SSSR count). The van der Waals surface area contributed by atoms with Crippen LogP contribution in [0.1, 0.15) is 71.1 Å². The molecule has 0 bridgehead atoms. The summed E-state index contributed by atoms with van der Waals surface area (Å²) in [5.41, 5.74) is 0. The molecule has 0 saturated carbocycles. The molecule has 0 amide bonds. The molecule has 0 aliphatic carbocycles. The fourth-order valence-electron chi connectivity index (χ4n) is 1.99. The molecule has 0 aromatic rings. The summed E-state index contributed by atoms with van der Waals surface area (Å²) >= 11 is 0. The monoisotopic (exact) mass is 334 g/mol. The van der Waals surface area contributed by atoms with Crippen molar-refractivity contribution in [2.24, 2.45) is 0 Å². The van der Waals surface area contributed by atoms with Crippen molar-refractivity contribution in [1.82, 2.24) is 0 Å². The quantitative estimate of drug-likeness (QED) is 0.283. The molecule has 5 nitrogen and oxygen atoms in total. The predicted octanol–water partition coefficient (Wildman–Crippen LogP) is 3.09. The number of ether oxygens (including phenoxy) is 1. The van der Waals surface area contributed by atoms with Crippen molar-refractivity contribution >= 4 is 40.0 Å². The van der Waals surface area contributed by atoms with Crippen LogP contribution < -0.4 is 0 Å². The van der Waals surface area contributed by atoms with E-state index in [9.17, 15) is 8.42 Å². The van der Waals surface area contributed by atoms with Crippen LogP contribution in [0.2, 0.25) is 0 Å². The Morgan fingerprint density at radius 3 is 1.71 bits per heavy atom. The molecule has 0 saturated heterocycles. The van der Waals surface area contributed by atoms with E-state index >= 15 is 0 Å². The molecular formula is C14H31NaO5S. The average molecular weight is 334 g/mol. The summed E-state index contributed by atoms with van der Waals surface area (Å²) in [6.07, 6.45) is 12.7. The molecule has 0 aromatic carbocycles. The van der Waals surface area contributed by atoms with Crippen LogP contribution in [0.5, 0.6) is 0 Å². The van der Waals surface area contributed by atoms with Gasteiger partial charge in [-0.2, -0.15) is 8.42 Å². The minimum atomic E-state index is -4.32. The molecular weight excluding hydrogens is 303 g/mol. The minimum absolute atomic E-state index is 0. The van der Waals surface area contributed by atoms with Crippen molar-refractivity contribution in [1.29, 1.82) is 0 Å². The molecule has 1 N–H and O–H groups in total. The molecule has 0 radical (unpaired) electrons. The van der Waals surface area contributed by atoms with E-state index in [2.05, 4.69) is 11.1 Å². The van der Waals surface area contributed by atoms with Gasteiger partial charge in [0, 0.05) is 6.61 Å². The molecule has 0 aliphatic heterocycles. The van der Waals surface area contributed by atoms with Crippen molar-refractivity contribution in [3.8, 4) is 0 Å². The Labute approximate surface area is 152 Å². The number of hydrogen-bond donors (Lipinski definition) is 1. The summed E-state index contributed by atoms with van der Waals surface area (Å²) in [5, 5.41) is 0. The molecule has 0 atom stereocenters. The van der Waals surface area contributed by atoms with Crippen LogP contribution in [0, 0.1) is 0 Å². The molecule has 21 heavy (non-hydrogen) atoms. The van der Waals surface area contributed by atoms with E-state index < -0.39 is 10.4 Å². The van der Waals surface area contributed by atoms with Gasteiger partial charge >= 0.3 is 40.0 Å². The van der Waals surface area contributed by atoms with Gasteiger partial charge in [0.05, 0.1) is 13.2 Å². The van der Waals surface area contributed by atoms with E-state index in [1.54, 1.807) is 0 Å². The van der Waals surface area contributed by atoms with Gasteiger partial charge in [-0.25, -0.2) is 4.18 Å². The standard InChI is InChI=1S/C14H30O5S.Na.H/c1-2-3-4-5-6-7-8-9-10-11-12-18-13-14-19-20(15,16)17;;/h2-14H2,1H3,(H,15,16,17);;. The first-order valence-corrected chi connectivity index (χ1v) is 9.12. The molecule has 0 heterocycles. The van der Waals surface area contributed by atoms with Gasteiger partial charge in [-0.3, -0.25) is 4.55 Å². The topological polar surface area (TPSA) is 72.8 Å². The fourth-order valence-corrected chi connectivity index (χ4v) is 2.27. The van der Waals surface area contributed by atoms with Crippen LogP contribution >= 0.6 is 0 Å². The fraction of sp³-hybridized carbons (Fsp3) is 1.00. The molecule has 7 heteroatoms. The summed E-state index contributed by atoms with van der Waals surface area (Å²) in [5.74, 6) is 0.